The van der Waals surface area contributed by atoms with E-state index in [2.05, 4.69) is 27.8 Å². The van der Waals surface area contributed by atoms with Crippen molar-refractivity contribution in [1.29, 1.82) is 0 Å². The van der Waals surface area contributed by atoms with E-state index < -0.39 is 54.6 Å². The number of hydrogen-bond acceptors (Lipinski definition) is 13. The number of esters is 1. The van der Waals surface area contributed by atoms with Crippen molar-refractivity contribution in [3.63, 3.8) is 0 Å². The van der Waals surface area contributed by atoms with E-state index >= 15 is 0 Å². The molecule has 1 aliphatic carbocycles. The van der Waals surface area contributed by atoms with Gasteiger partial charge < -0.3 is 44.4 Å². The maximum atomic E-state index is 13.3. The van der Waals surface area contributed by atoms with Crippen LogP contribution in [0.2, 0.25) is 0 Å². The molecule has 5 aromatic rings. The zero-order valence-corrected chi connectivity index (χ0v) is 34.5. The minimum Gasteiger partial charge on any atom is -0.465 e. The average molecular weight is 847 g/mol. The molecular formula is C47H50N4O11. The number of aliphatic hydroxyl groups is 3. The lowest BCUT2D eigenvalue weighted by atomic mass is 9.80. The van der Waals surface area contributed by atoms with Crippen molar-refractivity contribution in [3.8, 4) is 22.3 Å². The van der Waals surface area contributed by atoms with Crippen LogP contribution >= 0.6 is 0 Å². The van der Waals surface area contributed by atoms with Crippen LogP contribution in [0.15, 0.2) is 109 Å². The van der Waals surface area contributed by atoms with Crippen molar-refractivity contribution in [1.82, 2.24) is 20.3 Å². The monoisotopic (exact) mass is 846 g/mol. The van der Waals surface area contributed by atoms with E-state index in [4.69, 9.17) is 18.9 Å². The number of carbonyl (C=O) groups is 4. The third-order valence-electron chi connectivity index (χ3n) is 11.4. The molecule has 7 rings (SSSR count). The second kappa shape index (κ2) is 19.7. The van der Waals surface area contributed by atoms with Crippen molar-refractivity contribution in [3.05, 3.63) is 132 Å². The van der Waals surface area contributed by atoms with E-state index in [0.717, 1.165) is 40.5 Å². The van der Waals surface area contributed by atoms with Crippen molar-refractivity contribution < 1.29 is 53.4 Å². The fraction of sp³-hybridized carbons (Fsp3) is 0.362. The normalized spacial score (nSPS) is 20.4. The Labute approximate surface area is 358 Å². The Morgan fingerprint density at radius 3 is 2.21 bits per heavy atom. The van der Waals surface area contributed by atoms with Gasteiger partial charge >= 0.3 is 12.1 Å². The SMILES string of the molecule is COC(=O)C1(OCc2cn(CCNC(=O)OCC3c4ccccc4-c4ccccc43)nn2)CC(O)C(CC(C)=O)C([C@@H](O)[C@H](O)CCC(=O)c2ccc(-c3ccccc3)cc2)O1. The van der Waals surface area contributed by atoms with Crippen LogP contribution in [-0.4, -0.2) is 104 Å². The number of ketones is 2. The fourth-order valence-corrected chi connectivity index (χ4v) is 8.27. The lowest BCUT2D eigenvalue weighted by Crippen LogP contribution is -2.62. The highest BCUT2D eigenvalue weighted by molar-refractivity contribution is 5.96. The molecule has 0 bridgehead atoms. The molecule has 324 valence electrons. The zero-order valence-electron chi connectivity index (χ0n) is 34.5. The maximum absolute atomic E-state index is 13.3. The Morgan fingerprint density at radius 1 is 0.903 bits per heavy atom. The quantitative estimate of drug-likeness (QED) is 0.0677. The lowest BCUT2D eigenvalue weighted by Gasteiger charge is -2.46. The predicted molar refractivity (Wildman–Crippen MR) is 224 cm³/mol. The summed E-state index contributed by atoms with van der Waals surface area (Å²) in [7, 11) is 1.10. The number of fused-ring (bicyclic) bond motifs is 3. The van der Waals surface area contributed by atoms with Crippen LogP contribution in [0.5, 0.6) is 0 Å². The molecule has 0 spiro atoms. The molecule has 0 radical (unpaired) electrons. The summed E-state index contributed by atoms with van der Waals surface area (Å²) in [6, 6.07) is 32.9. The summed E-state index contributed by atoms with van der Waals surface area (Å²) in [5, 5.41) is 44.9. The molecule has 2 heterocycles. The first-order valence-electron chi connectivity index (χ1n) is 20.6. The number of nitrogens with one attached hydrogen (secondary N) is 1. The topological polar surface area (TPSA) is 209 Å². The molecule has 2 aliphatic rings. The smallest absolute Gasteiger partial charge is 0.407 e. The molecule has 1 aromatic heterocycles. The molecule has 15 nitrogen and oxygen atoms in total. The van der Waals surface area contributed by atoms with Crippen LogP contribution in [0.25, 0.3) is 22.3 Å². The maximum Gasteiger partial charge on any atom is 0.407 e. The lowest BCUT2D eigenvalue weighted by molar-refractivity contribution is -0.323. The number of hydrogen-bond donors (Lipinski definition) is 4. The van der Waals surface area contributed by atoms with E-state index in [1.807, 2.05) is 78.9 Å². The second-order valence-corrected chi connectivity index (χ2v) is 15.6. The van der Waals surface area contributed by atoms with Gasteiger partial charge in [0.1, 0.15) is 24.2 Å². The highest BCUT2D eigenvalue weighted by atomic mass is 16.7. The Kier molecular flexibility index (Phi) is 14.0. The molecule has 6 atom stereocenters. The van der Waals surface area contributed by atoms with Gasteiger partial charge in [0, 0.05) is 43.2 Å². The molecule has 1 saturated heterocycles. The number of amides is 1. The van der Waals surface area contributed by atoms with E-state index in [1.54, 1.807) is 12.1 Å². The van der Waals surface area contributed by atoms with Gasteiger partial charge in [-0.15, -0.1) is 5.10 Å². The summed E-state index contributed by atoms with van der Waals surface area (Å²) in [5.41, 5.74) is 7.07. The second-order valence-electron chi connectivity index (χ2n) is 15.6. The zero-order chi connectivity index (χ0) is 43.8. The van der Waals surface area contributed by atoms with Gasteiger partial charge in [-0.1, -0.05) is 108 Å². The summed E-state index contributed by atoms with van der Waals surface area (Å²) in [6.07, 6.45) is -6.28. The predicted octanol–water partition coefficient (Wildman–Crippen LogP) is 5.00. The van der Waals surface area contributed by atoms with Crippen molar-refractivity contribution in [2.24, 2.45) is 5.92 Å². The number of rotatable bonds is 18. The van der Waals surface area contributed by atoms with Gasteiger partial charge in [-0.25, -0.2) is 9.59 Å². The number of alkyl carbamates (subject to hydrolysis) is 1. The van der Waals surface area contributed by atoms with Crippen LogP contribution in [0.4, 0.5) is 4.79 Å². The molecule has 0 saturated carbocycles. The van der Waals surface area contributed by atoms with E-state index in [-0.39, 0.29) is 68.7 Å². The first-order valence-corrected chi connectivity index (χ1v) is 20.6. The molecular weight excluding hydrogens is 797 g/mol. The van der Waals surface area contributed by atoms with Gasteiger partial charge in [0.15, 0.2) is 5.78 Å². The van der Waals surface area contributed by atoms with Crippen LogP contribution < -0.4 is 5.32 Å². The number of Topliss-reactive ketones (excluding diaryl/α,β-unsaturated/α-hetero) is 2. The van der Waals surface area contributed by atoms with Crippen LogP contribution in [0.1, 0.15) is 65.7 Å². The standard InChI is InChI=1S/C47H50N4O11/c1-29(52)24-38-42(55)25-47(45(57)59-2,62-44(38)43(56)41(54)21-20-40(53)32-18-16-31(17-19-32)30-10-4-3-5-11-30)61-27-33-26-51(50-49-33)23-22-48-46(58)60-28-39-36-14-8-6-12-34(36)35-13-7-9-15-37(35)39/h3-19,26,38-39,41-44,54-56H,20-25,27-28H2,1-2H3,(H,48,58)/t38?,41-,42?,43+,44?,47?/m1/s1. The molecule has 1 fully saturated rings. The van der Waals surface area contributed by atoms with Gasteiger partial charge in [-0.05, 0) is 46.7 Å². The molecule has 4 unspecified atom stereocenters. The molecule has 1 amide bonds. The number of ether oxygens (including phenoxy) is 4. The first kappa shape index (κ1) is 44.0. The minimum absolute atomic E-state index is 0.0807. The third kappa shape index (κ3) is 9.99. The number of carbonyl (C=O) groups excluding carboxylic acids is 4. The van der Waals surface area contributed by atoms with Gasteiger partial charge in [0.25, 0.3) is 5.79 Å². The summed E-state index contributed by atoms with van der Waals surface area (Å²) < 4.78 is 24.2. The van der Waals surface area contributed by atoms with Crippen molar-refractivity contribution in [2.75, 3.05) is 20.3 Å². The largest absolute Gasteiger partial charge is 0.465 e. The van der Waals surface area contributed by atoms with E-state index in [0.29, 0.717) is 5.56 Å². The number of methoxy groups -OCH3 is 1. The van der Waals surface area contributed by atoms with E-state index in [9.17, 15) is 34.5 Å². The Morgan fingerprint density at radius 2 is 1.55 bits per heavy atom. The average Bonchev–Trinajstić information content (AvgIpc) is 3.89. The van der Waals surface area contributed by atoms with Crippen LogP contribution in [-0.2, 0) is 41.7 Å². The molecule has 4 N–H and O–H groups in total. The molecule has 1 aliphatic heterocycles. The third-order valence-corrected chi connectivity index (χ3v) is 11.4. The molecule has 62 heavy (non-hydrogen) atoms. The Hall–Kier alpha value is -6.10. The highest BCUT2D eigenvalue weighted by Crippen LogP contribution is 2.44. The van der Waals surface area contributed by atoms with Gasteiger partial charge in [-0.2, -0.15) is 0 Å². The van der Waals surface area contributed by atoms with Gasteiger partial charge in [0.2, 0.25) is 0 Å². The highest BCUT2D eigenvalue weighted by Gasteiger charge is 2.56. The summed E-state index contributed by atoms with van der Waals surface area (Å²) in [4.78, 5) is 51.4. The number of nitrogens with zero attached hydrogens (tertiary/aromatic N) is 3. The summed E-state index contributed by atoms with van der Waals surface area (Å²) in [6.45, 7) is 1.49. The first-order chi connectivity index (χ1) is 30.0. The fourth-order valence-electron chi connectivity index (χ4n) is 8.27. The number of aliphatic hydroxyl groups excluding tert-OH is 3. The van der Waals surface area contributed by atoms with Gasteiger partial charge in [0.05, 0.1) is 44.8 Å². The van der Waals surface area contributed by atoms with Gasteiger partial charge in [-0.3, -0.25) is 9.48 Å². The number of aromatic nitrogens is 3. The minimum atomic E-state index is -2.28. The Bertz CT molecular complexity index is 2310. The Balaban J connectivity index is 0.936. The van der Waals surface area contributed by atoms with E-state index in [1.165, 1.54) is 17.8 Å². The van der Waals surface area contributed by atoms with Crippen LogP contribution in [0, 0.1) is 5.92 Å². The van der Waals surface area contributed by atoms with Crippen molar-refractivity contribution in [2.45, 2.75) is 81.9 Å². The van der Waals surface area contributed by atoms with Crippen LogP contribution in [0.3, 0.4) is 0 Å². The molecule has 15 heteroatoms. The summed E-state index contributed by atoms with van der Waals surface area (Å²) in [5.74, 6) is -5.02. The van der Waals surface area contributed by atoms with Crippen molar-refractivity contribution >= 4 is 23.6 Å². The molecule has 4 aromatic carbocycles. The number of benzene rings is 4. The summed E-state index contributed by atoms with van der Waals surface area (Å²) >= 11 is 0.